The third-order valence-corrected chi connectivity index (χ3v) is 11.7. The number of nitrogens with zero attached hydrogens (tertiary/aromatic N) is 6. The molecule has 7 nitrogen and oxygen atoms in total. The van der Waals surface area contributed by atoms with E-state index < -0.39 is 0 Å². The van der Waals surface area contributed by atoms with Gasteiger partial charge in [-0.3, -0.25) is 9.36 Å². The van der Waals surface area contributed by atoms with Crippen molar-refractivity contribution in [3.63, 3.8) is 0 Å². The number of pyridine rings is 1. The van der Waals surface area contributed by atoms with Gasteiger partial charge in [0.15, 0.2) is 17.5 Å². The minimum Gasteiger partial charge on any atom is -0.309 e. The van der Waals surface area contributed by atoms with Gasteiger partial charge in [-0.15, -0.1) is 0 Å². The van der Waals surface area contributed by atoms with E-state index in [4.69, 9.17) is 15.0 Å². The normalized spacial score (nSPS) is 11.7. The van der Waals surface area contributed by atoms with Crippen molar-refractivity contribution in [2.75, 3.05) is 0 Å². The van der Waals surface area contributed by atoms with Gasteiger partial charge < -0.3 is 9.13 Å². The standard InChI is InChI=1S/C54H34N6O/c61-54-49-48-46(59(38-23-9-3-10-24-38)50(49)42-29-14-16-31-44(42)60(54)39-25-11-4-12-26-39)33-32-45-47(48)41-28-13-15-30-43(41)58(45)40-27-17-22-37(34-40)53-56-51(35-18-5-1-6-19-35)55-52(57-53)36-20-7-2-8-21-36/h1-34H. The monoisotopic (exact) mass is 782 g/mol. The Hall–Kier alpha value is -8.42. The number of aromatic nitrogens is 6. The second kappa shape index (κ2) is 13.9. The Balaban J connectivity index is 1.17. The van der Waals surface area contributed by atoms with Crippen LogP contribution in [0.25, 0.3) is 106 Å². The first-order valence-corrected chi connectivity index (χ1v) is 20.3. The lowest BCUT2D eigenvalue weighted by molar-refractivity contribution is 1.06. The molecule has 61 heavy (non-hydrogen) atoms. The van der Waals surface area contributed by atoms with Crippen molar-refractivity contribution in [3.05, 3.63) is 217 Å². The van der Waals surface area contributed by atoms with Crippen molar-refractivity contribution in [2.45, 2.75) is 0 Å². The number of hydrogen-bond acceptors (Lipinski definition) is 4. The van der Waals surface area contributed by atoms with Crippen LogP contribution in [0.3, 0.4) is 0 Å². The van der Waals surface area contributed by atoms with Crippen molar-refractivity contribution >= 4 is 54.5 Å². The second-order valence-corrected chi connectivity index (χ2v) is 15.2. The molecule has 12 rings (SSSR count). The third kappa shape index (κ3) is 5.45. The van der Waals surface area contributed by atoms with Crippen LogP contribution in [0.2, 0.25) is 0 Å². The van der Waals surface area contributed by atoms with E-state index in [0.717, 1.165) is 82.9 Å². The van der Waals surface area contributed by atoms with Gasteiger partial charge in [0, 0.05) is 55.3 Å². The number of hydrogen-bond donors (Lipinski definition) is 0. The minimum absolute atomic E-state index is 0.0656. The quantitative estimate of drug-likeness (QED) is 0.168. The Labute approximate surface area is 349 Å². The molecular weight excluding hydrogens is 749 g/mol. The average Bonchev–Trinajstić information content (AvgIpc) is 3.87. The van der Waals surface area contributed by atoms with E-state index in [1.165, 1.54) is 0 Å². The van der Waals surface area contributed by atoms with Crippen molar-refractivity contribution in [3.8, 4) is 51.2 Å². The third-order valence-electron chi connectivity index (χ3n) is 11.7. The molecule has 0 saturated carbocycles. The largest absolute Gasteiger partial charge is 0.309 e. The molecule has 0 spiro atoms. The van der Waals surface area contributed by atoms with Gasteiger partial charge >= 0.3 is 0 Å². The molecule has 8 aromatic carbocycles. The van der Waals surface area contributed by atoms with Crippen LogP contribution >= 0.6 is 0 Å². The maximum atomic E-state index is 15.4. The predicted octanol–water partition coefficient (Wildman–Crippen LogP) is 12.4. The van der Waals surface area contributed by atoms with E-state index in [2.05, 4.69) is 106 Å². The molecule has 4 aromatic heterocycles. The summed E-state index contributed by atoms with van der Waals surface area (Å²) in [5.41, 5.74) is 10.1. The van der Waals surface area contributed by atoms with Crippen molar-refractivity contribution in [2.24, 2.45) is 0 Å². The van der Waals surface area contributed by atoms with Gasteiger partial charge in [0.2, 0.25) is 0 Å². The molecule has 0 saturated heterocycles. The summed E-state index contributed by atoms with van der Waals surface area (Å²) in [5, 5.41) is 4.66. The van der Waals surface area contributed by atoms with Crippen LogP contribution in [0, 0.1) is 0 Å². The molecule has 0 atom stereocenters. The molecule has 0 amide bonds. The fraction of sp³-hybridized carbons (Fsp3) is 0. The molecule has 0 radical (unpaired) electrons. The average molecular weight is 783 g/mol. The Morgan fingerprint density at radius 1 is 0.311 bits per heavy atom. The lowest BCUT2D eigenvalue weighted by atomic mass is 10.0. The molecule has 0 unspecified atom stereocenters. The van der Waals surface area contributed by atoms with Gasteiger partial charge in [-0.05, 0) is 60.7 Å². The van der Waals surface area contributed by atoms with E-state index >= 15 is 4.79 Å². The lowest BCUT2D eigenvalue weighted by Crippen LogP contribution is -2.19. The molecule has 12 aromatic rings. The van der Waals surface area contributed by atoms with E-state index in [9.17, 15) is 0 Å². The summed E-state index contributed by atoms with van der Waals surface area (Å²) in [6, 6.07) is 69.9. The smallest absolute Gasteiger partial charge is 0.265 e. The summed E-state index contributed by atoms with van der Waals surface area (Å²) in [5.74, 6) is 1.80. The van der Waals surface area contributed by atoms with Crippen LogP contribution in [0.5, 0.6) is 0 Å². The first-order chi connectivity index (χ1) is 30.2. The molecule has 286 valence electrons. The first kappa shape index (κ1) is 34.6. The molecular formula is C54H34N6O. The second-order valence-electron chi connectivity index (χ2n) is 15.2. The summed E-state index contributed by atoms with van der Waals surface area (Å²) >= 11 is 0. The maximum absolute atomic E-state index is 15.4. The van der Waals surface area contributed by atoms with Gasteiger partial charge in [-0.1, -0.05) is 146 Å². The van der Waals surface area contributed by atoms with Gasteiger partial charge in [0.05, 0.1) is 33.0 Å². The maximum Gasteiger partial charge on any atom is 0.265 e. The van der Waals surface area contributed by atoms with E-state index in [0.29, 0.717) is 22.9 Å². The fourth-order valence-electron chi connectivity index (χ4n) is 9.07. The minimum atomic E-state index is -0.0656. The SMILES string of the molecule is O=c1c2c3c4c5ccccc5n(-c5cccc(-c6nc(-c7ccccc7)nc(-c7ccccc7)n6)c5)c4ccc3n(-c3ccccc3)c2c2ccccc2n1-c1ccccc1. The molecule has 0 bridgehead atoms. The van der Waals surface area contributed by atoms with Gasteiger partial charge in [0.1, 0.15) is 0 Å². The Bertz CT molecular complexity index is 3650. The van der Waals surface area contributed by atoms with Crippen molar-refractivity contribution < 1.29 is 0 Å². The van der Waals surface area contributed by atoms with Crippen LogP contribution in [-0.4, -0.2) is 28.7 Å². The van der Waals surface area contributed by atoms with Crippen LogP contribution < -0.4 is 5.56 Å². The van der Waals surface area contributed by atoms with Crippen molar-refractivity contribution in [1.29, 1.82) is 0 Å². The summed E-state index contributed by atoms with van der Waals surface area (Å²) in [6.07, 6.45) is 0. The highest BCUT2D eigenvalue weighted by atomic mass is 16.1. The highest BCUT2D eigenvalue weighted by Gasteiger charge is 2.26. The Kier molecular flexibility index (Phi) is 7.86. The molecule has 0 aliphatic carbocycles. The van der Waals surface area contributed by atoms with Gasteiger partial charge in [0.25, 0.3) is 5.56 Å². The molecule has 0 N–H and O–H groups in total. The van der Waals surface area contributed by atoms with Gasteiger partial charge in [-0.2, -0.15) is 0 Å². The first-order valence-electron chi connectivity index (χ1n) is 20.3. The molecule has 4 heterocycles. The highest BCUT2D eigenvalue weighted by molar-refractivity contribution is 6.31. The lowest BCUT2D eigenvalue weighted by Gasteiger charge is -2.14. The zero-order valence-electron chi connectivity index (χ0n) is 32.7. The topological polar surface area (TPSA) is 70.5 Å². The predicted molar refractivity (Wildman–Crippen MR) is 248 cm³/mol. The molecule has 0 fully saturated rings. The zero-order valence-corrected chi connectivity index (χ0v) is 32.7. The van der Waals surface area contributed by atoms with E-state index in [1.807, 2.05) is 114 Å². The summed E-state index contributed by atoms with van der Waals surface area (Å²) in [4.78, 5) is 30.5. The summed E-state index contributed by atoms with van der Waals surface area (Å²) in [7, 11) is 0. The molecule has 7 heteroatoms. The summed E-state index contributed by atoms with van der Waals surface area (Å²) in [6.45, 7) is 0. The van der Waals surface area contributed by atoms with Gasteiger partial charge in [-0.25, -0.2) is 15.0 Å². The van der Waals surface area contributed by atoms with Crippen LogP contribution in [-0.2, 0) is 0 Å². The number of fused-ring (bicyclic) bond motifs is 9. The zero-order chi connectivity index (χ0) is 40.4. The van der Waals surface area contributed by atoms with E-state index in [-0.39, 0.29) is 5.56 Å². The summed E-state index contributed by atoms with van der Waals surface area (Å²) < 4.78 is 6.44. The van der Waals surface area contributed by atoms with Crippen LogP contribution in [0.4, 0.5) is 0 Å². The number of para-hydroxylation sites is 4. The van der Waals surface area contributed by atoms with Crippen molar-refractivity contribution in [1.82, 2.24) is 28.7 Å². The van der Waals surface area contributed by atoms with Crippen LogP contribution in [0.15, 0.2) is 211 Å². The Morgan fingerprint density at radius 3 is 1.36 bits per heavy atom. The van der Waals surface area contributed by atoms with E-state index in [1.54, 1.807) is 0 Å². The number of benzene rings is 8. The molecule has 0 aliphatic heterocycles. The number of rotatable bonds is 6. The fourth-order valence-corrected chi connectivity index (χ4v) is 9.07. The van der Waals surface area contributed by atoms with Crippen LogP contribution in [0.1, 0.15) is 0 Å². The highest BCUT2D eigenvalue weighted by Crippen LogP contribution is 2.43. The molecule has 0 aliphatic rings. The Morgan fingerprint density at radius 2 is 0.754 bits per heavy atom.